The van der Waals surface area contributed by atoms with Crippen LogP contribution in [0, 0.1) is 36.0 Å². The van der Waals surface area contributed by atoms with Crippen LogP contribution in [0.1, 0.15) is 93.2 Å². The van der Waals surface area contributed by atoms with E-state index in [-0.39, 0.29) is 44.2 Å². The lowest BCUT2D eigenvalue weighted by molar-refractivity contribution is -0.302. The summed E-state index contributed by atoms with van der Waals surface area (Å²) in [5.41, 5.74) is -0.389. The number of aliphatic hydroxyl groups is 1. The lowest BCUT2D eigenvalue weighted by Crippen LogP contribution is -2.61. The molecule has 0 unspecified atom stereocenters. The zero-order valence-corrected chi connectivity index (χ0v) is 40.8. The Morgan fingerprint density at radius 3 is 2.42 bits per heavy atom. The van der Waals surface area contributed by atoms with Gasteiger partial charge in [-0.15, -0.1) is 6.42 Å². The lowest BCUT2D eigenvalue weighted by Gasteiger charge is -2.48. The molecule has 3 aliphatic rings. The summed E-state index contributed by atoms with van der Waals surface area (Å²) in [5, 5.41) is 11.9. The van der Waals surface area contributed by atoms with E-state index in [4.69, 9.17) is 34.8 Å². The molecule has 2 aromatic heterocycles. The second-order valence-corrected chi connectivity index (χ2v) is 19.4. The van der Waals surface area contributed by atoms with Crippen molar-refractivity contribution in [2.75, 3.05) is 27.2 Å². The Kier molecular flexibility index (Phi) is 16.9. The van der Waals surface area contributed by atoms with Gasteiger partial charge >= 0.3 is 18.0 Å². The molecule has 0 spiro atoms. The molecule has 1 N–H and O–H groups in total. The molecule has 6 rings (SSSR count). The number of Topliss-reactive ketones (excluding diaryl/α,β-unsaturated/α-hetero) is 1. The normalized spacial score (nSPS) is 34.3. The summed E-state index contributed by atoms with van der Waals surface area (Å²) in [6.45, 7) is 15.5. The van der Waals surface area contributed by atoms with E-state index < -0.39 is 95.7 Å². The van der Waals surface area contributed by atoms with Gasteiger partial charge in [-0.05, 0) is 91.1 Å². The number of hydrogen-bond donors (Lipinski definition) is 1. The van der Waals surface area contributed by atoms with E-state index in [0.29, 0.717) is 31.5 Å². The molecule has 16 heteroatoms. The minimum absolute atomic E-state index is 0.0994. The first kappa shape index (κ1) is 51.5. The number of carbonyl (C=O) groups is 4. The second-order valence-electron chi connectivity index (χ2n) is 19.4. The summed E-state index contributed by atoms with van der Waals surface area (Å²) in [6.07, 6.45) is 4.40. The molecular formula is C51H71N5O11. The van der Waals surface area contributed by atoms with E-state index in [1.165, 1.54) is 7.11 Å². The van der Waals surface area contributed by atoms with Gasteiger partial charge in [-0.3, -0.25) is 24.3 Å². The fraction of sp³-hybridized carbons (Fsp3) is 0.647. The minimum atomic E-state index is -1.44. The summed E-state index contributed by atoms with van der Waals surface area (Å²) < 4.78 is 40.7. The van der Waals surface area contributed by atoms with Crippen LogP contribution in [-0.2, 0) is 55.8 Å². The minimum Gasteiger partial charge on any atom is -0.461 e. The summed E-state index contributed by atoms with van der Waals surface area (Å²) in [4.78, 5) is 70.1. The van der Waals surface area contributed by atoms with Gasteiger partial charge in [0, 0.05) is 50.2 Å². The highest BCUT2D eigenvalue weighted by molar-refractivity contribution is 5.85. The molecule has 366 valence electrons. The van der Waals surface area contributed by atoms with Crippen molar-refractivity contribution in [1.29, 1.82) is 0 Å². The number of para-hydroxylation sites is 2. The standard InChI is InChI=1S/C51H71N5O11/c1-12-24-54(10)39-27-32(4)63-48(43(39)59)66-46-34(6)44(65-41(57)28-36-20-16-17-23-52-36)35(7)47(60)64-40(13-2)51(9)45(33(5)42(58)31(3)29-50(46,8)62-11)56(49(61)67-51)26-19-18-25-55-30-53-37-21-14-15-22-38(37)55/h1,14-17,20-23,30-35,39-40,43-46,48,59H,13,18-19,24-29H2,2-11H3/t31-,32+,33+,34+,35-,39-,40-,43+,44+,45-,46-,48-,50-,51-/m1/s1. The first-order chi connectivity index (χ1) is 31.9. The highest BCUT2D eigenvalue weighted by Crippen LogP contribution is 2.44. The van der Waals surface area contributed by atoms with Crippen molar-refractivity contribution in [3.8, 4) is 12.3 Å². The highest BCUT2D eigenvalue weighted by Gasteiger charge is 2.60. The zero-order chi connectivity index (χ0) is 48.8. The van der Waals surface area contributed by atoms with E-state index in [0.717, 1.165) is 11.0 Å². The van der Waals surface area contributed by atoms with Crippen LogP contribution in [0.2, 0.25) is 0 Å². The lowest BCUT2D eigenvalue weighted by atomic mass is 9.73. The van der Waals surface area contributed by atoms with Crippen LogP contribution in [-0.4, -0.2) is 141 Å². The molecule has 0 aliphatic carbocycles. The maximum absolute atomic E-state index is 15.0. The Balaban J connectivity index is 1.37. The van der Waals surface area contributed by atoms with E-state index >= 15 is 4.79 Å². The largest absolute Gasteiger partial charge is 0.461 e. The smallest absolute Gasteiger partial charge is 0.410 e. The van der Waals surface area contributed by atoms with Gasteiger partial charge in [0.2, 0.25) is 0 Å². The van der Waals surface area contributed by atoms with E-state index in [9.17, 15) is 19.5 Å². The van der Waals surface area contributed by atoms with Crippen LogP contribution in [0.15, 0.2) is 55.0 Å². The molecular weight excluding hydrogens is 859 g/mol. The molecule has 5 heterocycles. The fourth-order valence-corrected chi connectivity index (χ4v) is 10.8. The Morgan fingerprint density at radius 1 is 1.01 bits per heavy atom. The van der Waals surface area contributed by atoms with Crippen LogP contribution in [0.4, 0.5) is 4.79 Å². The van der Waals surface area contributed by atoms with Gasteiger partial charge in [-0.2, -0.15) is 0 Å². The predicted molar refractivity (Wildman–Crippen MR) is 249 cm³/mol. The van der Waals surface area contributed by atoms with Crippen LogP contribution in [0.3, 0.4) is 0 Å². The average Bonchev–Trinajstić information content (AvgIpc) is 3.84. The van der Waals surface area contributed by atoms with Gasteiger partial charge in [0.1, 0.15) is 24.1 Å². The molecule has 0 saturated carbocycles. The maximum Gasteiger partial charge on any atom is 0.410 e. The number of cyclic esters (lactones) is 1. The molecule has 14 atom stereocenters. The van der Waals surface area contributed by atoms with E-state index in [1.54, 1.807) is 63.9 Å². The van der Waals surface area contributed by atoms with Gasteiger partial charge < -0.3 is 43.0 Å². The topological polar surface area (TPSA) is 181 Å². The maximum atomic E-state index is 15.0. The number of unbranched alkanes of at least 4 members (excludes halogenated alkanes) is 1. The molecule has 16 nitrogen and oxygen atoms in total. The van der Waals surface area contributed by atoms with Crippen molar-refractivity contribution in [3.63, 3.8) is 0 Å². The molecule has 3 aliphatic heterocycles. The first-order valence-corrected chi connectivity index (χ1v) is 23.8. The van der Waals surface area contributed by atoms with Crippen molar-refractivity contribution in [2.24, 2.45) is 23.7 Å². The number of hydrogen-bond acceptors (Lipinski definition) is 14. The van der Waals surface area contributed by atoms with Crippen LogP contribution in [0.5, 0.6) is 0 Å². The molecule has 0 bridgehead atoms. The van der Waals surface area contributed by atoms with Crippen molar-refractivity contribution in [3.05, 3.63) is 60.7 Å². The number of pyridine rings is 1. The number of benzene rings is 1. The van der Waals surface area contributed by atoms with Crippen molar-refractivity contribution in [2.45, 2.75) is 161 Å². The Morgan fingerprint density at radius 2 is 1.73 bits per heavy atom. The molecule has 0 radical (unpaired) electrons. The number of fused-ring (bicyclic) bond motifs is 2. The Labute approximate surface area is 395 Å². The van der Waals surface area contributed by atoms with Gasteiger partial charge in [-0.25, -0.2) is 9.78 Å². The number of imidazole rings is 1. The number of ketones is 1. The summed E-state index contributed by atoms with van der Waals surface area (Å²) in [7, 11) is 3.34. The summed E-state index contributed by atoms with van der Waals surface area (Å²) >= 11 is 0. The van der Waals surface area contributed by atoms with Crippen LogP contribution in [0.25, 0.3) is 11.0 Å². The quantitative estimate of drug-likeness (QED) is 0.0860. The first-order valence-electron chi connectivity index (χ1n) is 23.8. The van der Waals surface area contributed by atoms with Gasteiger partial charge in [0.15, 0.2) is 11.9 Å². The number of aryl methyl sites for hydroxylation is 1. The number of aromatic nitrogens is 3. The van der Waals surface area contributed by atoms with Crippen LogP contribution >= 0.6 is 0 Å². The highest BCUT2D eigenvalue weighted by atomic mass is 16.7. The van der Waals surface area contributed by atoms with Crippen LogP contribution < -0.4 is 0 Å². The van der Waals surface area contributed by atoms with Gasteiger partial charge in [0.25, 0.3) is 0 Å². The number of rotatable bonds is 14. The summed E-state index contributed by atoms with van der Waals surface area (Å²) in [5.74, 6) is -2.31. The second kappa shape index (κ2) is 22.0. The third kappa shape index (κ3) is 11.2. The molecule has 1 aromatic carbocycles. The average molecular weight is 930 g/mol. The Bertz CT molecular complexity index is 2220. The molecule has 67 heavy (non-hydrogen) atoms. The third-order valence-corrected chi connectivity index (χ3v) is 14.5. The summed E-state index contributed by atoms with van der Waals surface area (Å²) in [6, 6.07) is 11.9. The molecule has 3 saturated heterocycles. The number of ether oxygens (including phenoxy) is 6. The van der Waals surface area contributed by atoms with Crippen molar-refractivity contribution in [1.82, 2.24) is 24.3 Å². The monoisotopic (exact) mass is 930 g/mol. The van der Waals surface area contributed by atoms with E-state index in [1.807, 2.05) is 63.3 Å². The number of methoxy groups -OCH3 is 1. The third-order valence-electron chi connectivity index (χ3n) is 14.5. The number of aliphatic hydroxyl groups excluding tert-OH is 1. The number of carbonyl (C=O) groups excluding carboxylic acids is 4. The number of likely N-dealkylation sites (N-methyl/N-ethyl adjacent to an activating group) is 1. The number of terminal acetylenes is 1. The SMILES string of the molecule is C#CCN(C)[C@@H]1C[C@H](C)O[C@H](O[C@@H]2[C@@H](C)[C@H](OC(=O)Cc3ccccn3)[C@@H](C)C(=O)O[C@H](CC)[C@@]3(C)OC(=O)N(CCCCn4cnc5ccccc54)[C@@H]3[C@@H](C)C(=O)[C@H](C)C[C@@]2(C)OC)[C@H]1O. The van der Waals surface area contributed by atoms with Gasteiger partial charge in [-0.1, -0.05) is 51.8 Å². The van der Waals surface area contributed by atoms with Gasteiger partial charge in [0.05, 0.1) is 65.8 Å². The predicted octanol–water partition coefficient (Wildman–Crippen LogP) is 6.00. The fourth-order valence-electron chi connectivity index (χ4n) is 10.8. The van der Waals surface area contributed by atoms with Crippen molar-refractivity contribution < 1.29 is 52.7 Å². The Hall–Kier alpha value is -4.92. The molecule has 3 fully saturated rings. The van der Waals surface area contributed by atoms with E-state index in [2.05, 4.69) is 20.5 Å². The number of amides is 1. The number of nitrogens with zero attached hydrogens (tertiary/aromatic N) is 5. The molecule has 1 amide bonds. The zero-order valence-electron chi connectivity index (χ0n) is 40.8. The molecule has 3 aromatic rings. The van der Waals surface area contributed by atoms with Crippen molar-refractivity contribution >= 4 is 34.8 Å². The number of esters is 2.